The Kier molecular flexibility index (Phi) is 1.93. The van der Waals surface area contributed by atoms with Crippen molar-refractivity contribution in [2.75, 3.05) is 12.8 Å². The van der Waals surface area contributed by atoms with Crippen molar-refractivity contribution in [2.24, 2.45) is 0 Å². The van der Waals surface area contributed by atoms with Crippen LogP contribution in [0.15, 0.2) is 48.5 Å². The highest BCUT2D eigenvalue weighted by molar-refractivity contribution is 6.26. The Morgan fingerprint density at radius 3 is 2.05 bits per heavy atom. The Labute approximate surface area is 110 Å². The lowest BCUT2D eigenvalue weighted by Gasteiger charge is -2.14. The molecule has 2 nitrogen and oxygen atoms in total. The third-order valence-electron chi connectivity index (χ3n) is 3.88. The number of anilines is 1. The molecule has 0 bridgehead atoms. The summed E-state index contributed by atoms with van der Waals surface area (Å²) < 4.78 is 5.47. The summed E-state index contributed by atoms with van der Waals surface area (Å²) in [4.78, 5) is 0. The van der Waals surface area contributed by atoms with Crippen LogP contribution in [-0.2, 0) is 0 Å². The van der Waals surface area contributed by atoms with E-state index in [0.717, 1.165) is 22.2 Å². The zero-order valence-corrected chi connectivity index (χ0v) is 10.6. The predicted molar refractivity (Wildman–Crippen MR) is 81.1 cm³/mol. The normalized spacial score (nSPS) is 11.6. The molecular weight excluding hydrogens is 234 g/mol. The van der Waals surface area contributed by atoms with Crippen LogP contribution in [0, 0.1) is 0 Å². The maximum Gasteiger partial charge on any atom is 0.126 e. The first-order valence-corrected chi connectivity index (χ1v) is 6.29. The summed E-state index contributed by atoms with van der Waals surface area (Å²) in [5.41, 5.74) is 6.93. The highest BCUT2D eigenvalue weighted by Gasteiger charge is 2.11. The Morgan fingerprint density at radius 1 is 0.737 bits per heavy atom. The van der Waals surface area contributed by atoms with Crippen molar-refractivity contribution in [3.05, 3.63) is 48.5 Å². The molecular formula is C17H13NO. The van der Waals surface area contributed by atoms with Gasteiger partial charge in [-0.05, 0) is 34.4 Å². The quantitative estimate of drug-likeness (QED) is 0.404. The van der Waals surface area contributed by atoms with Crippen molar-refractivity contribution < 1.29 is 4.74 Å². The van der Waals surface area contributed by atoms with Gasteiger partial charge in [0, 0.05) is 21.8 Å². The van der Waals surface area contributed by atoms with Crippen molar-refractivity contribution in [2.45, 2.75) is 0 Å². The molecule has 0 spiro atoms. The number of ether oxygens (including phenoxy) is 1. The molecule has 0 aliphatic rings. The molecule has 0 heterocycles. The van der Waals surface area contributed by atoms with E-state index in [2.05, 4.69) is 36.4 Å². The van der Waals surface area contributed by atoms with Crippen LogP contribution in [-0.4, -0.2) is 7.11 Å². The Balaban J connectivity index is 2.39. The van der Waals surface area contributed by atoms with Gasteiger partial charge in [0.15, 0.2) is 0 Å². The average Bonchev–Trinajstić information content (AvgIpc) is 2.46. The number of benzene rings is 4. The Morgan fingerprint density at radius 2 is 1.32 bits per heavy atom. The largest absolute Gasteiger partial charge is 0.496 e. The minimum atomic E-state index is 0.824. The van der Waals surface area contributed by atoms with Gasteiger partial charge in [-0.3, -0.25) is 0 Å². The molecule has 4 aromatic rings. The lowest BCUT2D eigenvalue weighted by atomic mass is 9.93. The van der Waals surface area contributed by atoms with E-state index in [1.807, 2.05) is 12.1 Å². The molecule has 2 N–H and O–H groups in total. The molecule has 0 aliphatic carbocycles. The fraction of sp³-hybridized carbons (Fsp3) is 0.0588. The van der Waals surface area contributed by atoms with Crippen LogP contribution in [0.2, 0.25) is 0 Å². The third-order valence-corrected chi connectivity index (χ3v) is 3.88. The number of rotatable bonds is 1. The molecule has 4 aromatic carbocycles. The monoisotopic (exact) mass is 247 g/mol. The van der Waals surface area contributed by atoms with Crippen LogP contribution in [0.4, 0.5) is 5.69 Å². The van der Waals surface area contributed by atoms with E-state index >= 15 is 0 Å². The van der Waals surface area contributed by atoms with Gasteiger partial charge in [0.05, 0.1) is 7.11 Å². The molecule has 0 saturated heterocycles. The van der Waals surface area contributed by atoms with Crippen LogP contribution in [0.5, 0.6) is 5.75 Å². The maximum atomic E-state index is 6.11. The van der Waals surface area contributed by atoms with Gasteiger partial charge in [-0.25, -0.2) is 0 Å². The molecule has 0 atom stereocenters. The smallest absolute Gasteiger partial charge is 0.126 e. The zero-order valence-electron chi connectivity index (χ0n) is 10.6. The van der Waals surface area contributed by atoms with Crippen molar-refractivity contribution in [3.8, 4) is 5.75 Å². The standard InChI is InChI=1S/C17H13NO/c1-19-15-9-5-11-2-6-12-14(18)8-4-10-3-7-13(15)17(11)16(10)12/h2-9H,18H2,1H3. The van der Waals surface area contributed by atoms with Crippen LogP contribution in [0.1, 0.15) is 0 Å². The Hall–Kier alpha value is -2.48. The molecule has 4 rings (SSSR count). The van der Waals surface area contributed by atoms with Gasteiger partial charge in [0.1, 0.15) is 5.75 Å². The van der Waals surface area contributed by atoms with Gasteiger partial charge in [0.25, 0.3) is 0 Å². The molecule has 2 heteroatoms. The molecule has 0 unspecified atom stereocenters. The van der Waals surface area contributed by atoms with Gasteiger partial charge >= 0.3 is 0 Å². The first kappa shape index (κ1) is 10.4. The van der Waals surface area contributed by atoms with E-state index in [4.69, 9.17) is 10.5 Å². The van der Waals surface area contributed by atoms with Gasteiger partial charge in [-0.15, -0.1) is 0 Å². The second-order valence-electron chi connectivity index (χ2n) is 4.85. The third kappa shape index (κ3) is 1.26. The van der Waals surface area contributed by atoms with Crippen molar-refractivity contribution in [1.29, 1.82) is 0 Å². The van der Waals surface area contributed by atoms with Gasteiger partial charge in [-0.2, -0.15) is 0 Å². The van der Waals surface area contributed by atoms with E-state index < -0.39 is 0 Å². The predicted octanol–water partition coefficient (Wildman–Crippen LogP) is 4.17. The van der Waals surface area contributed by atoms with E-state index in [1.54, 1.807) is 7.11 Å². The number of nitrogen functional groups attached to an aromatic ring is 1. The van der Waals surface area contributed by atoms with Crippen LogP contribution in [0.3, 0.4) is 0 Å². The fourth-order valence-electron chi connectivity index (χ4n) is 2.97. The number of methoxy groups -OCH3 is 1. The highest BCUT2D eigenvalue weighted by Crippen LogP contribution is 2.39. The first-order chi connectivity index (χ1) is 9.29. The maximum absolute atomic E-state index is 6.11. The molecule has 19 heavy (non-hydrogen) atoms. The van der Waals surface area contributed by atoms with E-state index in [1.165, 1.54) is 21.5 Å². The summed E-state index contributed by atoms with van der Waals surface area (Å²) in [6, 6.07) is 16.7. The highest BCUT2D eigenvalue weighted by atomic mass is 16.5. The number of nitrogens with two attached hydrogens (primary N) is 1. The summed E-state index contributed by atoms with van der Waals surface area (Å²) in [5, 5.41) is 7.16. The summed E-state index contributed by atoms with van der Waals surface area (Å²) in [6.07, 6.45) is 0. The van der Waals surface area contributed by atoms with Crippen LogP contribution >= 0.6 is 0 Å². The topological polar surface area (TPSA) is 35.2 Å². The minimum Gasteiger partial charge on any atom is -0.496 e. The molecule has 0 saturated carbocycles. The molecule has 0 aliphatic heterocycles. The summed E-state index contributed by atoms with van der Waals surface area (Å²) >= 11 is 0. The lowest BCUT2D eigenvalue weighted by molar-refractivity contribution is 0.420. The van der Waals surface area contributed by atoms with Crippen molar-refractivity contribution in [3.63, 3.8) is 0 Å². The van der Waals surface area contributed by atoms with E-state index in [9.17, 15) is 0 Å². The average molecular weight is 247 g/mol. The summed E-state index contributed by atoms with van der Waals surface area (Å²) in [5.74, 6) is 0.907. The molecule has 0 radical (unpaired) electrons. The molecule has 0 fully saturated rings. The molecule has 92 valence electrons. The van der Waals surface area contributed by atoms with Gasteiger partial charge < -0.3 is 10.5 Å². The van der Waals surface area contributed by atoms with Crippen molar-refractivity contribution >= 4 is 38.0 Å². The second-order valence-corrected chi connectivity index (χ2v) is 4.85. The molecule has 0 amide bonds. The minimum absolute atomic E-state index is 0.824. The van der Waals surface area contributed by atoms with Crippen LogP contribution in [0.25, 0.3) is 32.3 Å². The van der Waals surface area contributed by atoms with E-state index in [0.29, 0.717) is 0 Å². The van der Waals surface area contributed by atoms with Crippen molar-refractivity contribution in [1.82, 2.24) is 0 Å². The SMILES string of the molecule is COc1ccc2ccc3c(N)ccc4ccc1c2c43. The second kappa shape index (κ2) is 3.51. The lowest BCUT2D eigenvalue weighted by Crippen LogP contribution is -1.91. The molecule has 0 aromatic heterocycles. The van der Waals surface area contributed by atoms with Gasteiger partial charge in [0.2, 0.25) is 0 Å². The van der Waals surface area contributed by atoms with Crippen LogP contribution < -0.4 is 10.5 Å². The Bertz CT molecular complexity index is 911. The zero-order chi connectivity index (χ0) is 13.0. The first-order valence-electron chi connectivity index (χ1n) is 6.29. The fourth-order valence-corrected chi connectivity index (χ4v) is 2.97. The summed E-state index contributed by atoms with van der Waals surface area (Å²) in [7, 11) is 1.71. The van der Waals surface area contributed by atoms with Gasteiger partial charge in [-0.1, -0.05) is 30.3 Å². The number of hydrogen-bond acceptors (Lipinski definition) is 2. The number of hydrogen-bond donors (Lipinski definition) is 1. The summed E-state index contributed by atoms with van der Waals surface area (Å²) in [6.45, 7) is 0. The van der Waals surface area contributed by atoms with E-state index in [-0.39, 0.29) is 0 Å².